The van der Waals surface area contributed by atoms with E-state index in [0.717, 1.165) is 26.2 Å². The number of aromatic nitrogens is 3. The molecule has 0 radical (unpaired) electrons. The Morgan fingerprint density at radius 2 is 1.74 bits per heavy atom. The minimum absolute atomic E-state index is 0.0138. The summed E-state index contributed by atoms with van der Waals surface area (Å²) < 4.78 is 0. The van der Waals surface area contributed by atoms with Gasteiger partial charge in [0.05, 0.1) is 0 Å². The van der Waals surface area contributed by atoms with Crippen molar-refractivity contribution in [3.8, 4) is 11.3 Å². The number of hydrogen-bond acceptors (Lipinski definition) is 5. The van der Waals surface area contributed by atoms with Gasteiger partial charge in [0.1, 0.15) is 5.69 Å². The Bertz CT molecular complexity index is 716. The van der Waals surface area contributed by atoms with Crippen LogP contribution in [0.4, 0.5) is 0 Å². The minimum Gasteiger partial charge on any atom is -0.364 e. The fourth-order valence-electron chi connectivity index (χ4n) is 2.57. The normalized spacial score (nSPS) is 15.6. The summed E-state index contributed by atoms with van der Waals surface area (Å²) in [5, 5.41) is 10.1. The van der Waals surface area contributed by atoms with Gasteiger partial charge in [0.25, 0.3) is 11.8 Å². The Kier molecular flexibility index (Phi) is 4.07. The molecule has 0 saturated carbocycles. The predicted octanol–water partition coefficient (Wildman–Crippen LogP) is -0.0418. The van der Waals surface area contributed by atoms with Crippen molar-refractivity contribution >= 4 is 11.8 Å². The topological polar surface area (TPSA) is 108 Å². The molecule has 1 aromatic carbocycles. The number of nitrogens with one attached hydrogen (secondary N) is 1. The summed E-state index contributed by atoms with van der Waals surface area (Å²) in [6.07, 6.45) is 0. The van der Waals surface area contributed by atoms with E-state index in [1.165, 1.54) is 0 Å². The standard InChI is InChI=1S/C15H18N6O2/c1-20-6-8-21(9-7-20)15(23)11-4-2-10(3-5-11)12-13(14(16)22)18-19-17-12/h2-5H,6-9H2,1H3,(H2,16,22)(H,17,18,19). The van der Waals surface area contributed by atoms with Crippen LogP contribution in [0.1, 0.15) is 20.8 Å². The number of H-pyrrole nitrogens is 1. The van der Waals surface area contributed by atoms with Gasteiger partial charge in [-0.15, -0.1) is 0 Å². The molecule has 1 aromatic heterocycles. The quantitative estimate of drug-likeness (QED) is 0.826. The number of carbonyl (C=O) groups is 2. The number of aromatic amines is 1. The van der Waals surface area contributed by atoms with Crippen molar-refractivity contribution in [1.82, 2.24) is 25.2 Å². The Morgan fingerprint density at radius 3 is 2.35 bits per heavy atom. The molecule has 8 nitrogen and oxygen atoms in total. The molecule has 0 spiro atoms. The highest BCUT2D eigenvalue weighted by Crippen LogP contribution is 2.20. The summed E-state index contributed by atoms with van der Waals surface area (Å²) in [6.45, 7) is 3.22. The van der Waals surface area contributed by atoms with Gasteiger partial charge in [0.2, 0.25) is 0 Å². The van der Waals surface area contributed by atoms with Gasteiger partial charge >= 0.3 is 0 Å². The maximum Gasteiger partial charge on any atom is 0.271 e. The van der Waals surface area contributed by atoms with Crippen LogP contribution < -0.4 is 5.73 Å². The summed E-state index contributed by atoms with van der Waals surface area (Å²) in [4.78, 5) is 27.8. The van der Waals surface area contributed by atoms with Crippen LogP contribution in [0, 0.1) is 0 Å². The second-order valence-corrected chi connectivity index (χ2v) is 5.56. The van der Waals surface area contributed by atoms with Crippen molar-refractivity contribution in [1.29, 1.82) is 0 Å². The lowest BCUT2D eigenvalue weighted by atomic mass is 10.1. The molecule has 1 fully saturated rings. The lowest BCUT2D eigenvalue weighted by molar-refractivity contribution is 0.0664. The molecule has 2 amide bonds. The molecule has 0 unspecified atom stereocenters. The van der Waals surface area contributed by atoms with E-state index in [2.05, 4.69) is 20.3 Å². The maximum absolute atomic E-state index is 12.5. The number of amides is 2. The number of nitrogens with zero attached hydrogens (tertiary/aromatic N) is 4. The van der Waals surface area contributed by atoms with Crippen molar-refractivity contribution in [3.63, 3.8) is 0 Å². The Morgan fingerprint density at radius 1 is 1.09 bits per heavy atom. The second-order valence-electron chi connectivity index (χ2n) is 5.56. The van der Waals surface area contributed by atoms with Gasteiger partial charge in [0.15, 0.2) is 5.69 Å². The van der Waals surface area contributed by atoms with Crippen LogP contribution in [0.3, 0.4) is 0 Å². The van der Waals surface area contributed by atoms with Gasteiger partial charge in [-0.1, -0.05) is 12.1 Å². The SMILES string of the molecule is CN1CCN(C(=O)c2ccc(-c3n[nH]nc3C(N)=O)cc2)CC1. The van der Waals surface area contributed by atoms with Crippen LogP contribution in [0.15, 0.2) is 24.3 Å². The lowest BCUT2D eigenvalue weighted by Gasteiger charge is -2.32. The second kappa shape index (κ2) is 6.17. The van der Waals surface area contributed by atoms with Crippen LogP contribution >= 0.6 is 0 Å². The van der Waals surface area contributed by atoms with E-state index < -0.39 is 5.91 Å². The van der Waals surface area contributed by atoms with Gasteiger partial charge in [-0.3, -0.25) is 9.59 Å². The van der Waals surface area contributed by atoms with E-state index in [4.69, 9.17) is 5.73 Å². The van der Waals surface area contributed by atoms with Crippen LogP contribution in [0.25, 0.3) is 11.3 Å². The van der Waals surface area contributed by atoms with Crippen LogP contribution in [-0.4, -0.2) is 70.3 Å². The van der Waals surface area contributed by atoms with Crippen LogP contribution in [0.2, 0.25) is 0 Å². The first-order valence-electron chi connectivity index (χ1n) is 7.35. The first-order valence-corrected chi connectivity index (χ1v) is 7.35. The van der Waals surface area contributed by atoms with E-state index in [1.807, 2.05) is 11.9 Å². The summed E-state index contributed by atoms with van der Waals surface area (Å²) in [7, 11) is 2.05. The fourth-order valence-corrected chi connectivity index (χ4v) is 2.57. The molecule has 0 aliphatic carbocycles. The highest BCUT2D eigenvalue weighted by atomic mass is 16.2. The molecule has 2 aromatic rings. The summed E-state index contributed by atoms with van der Waals surface area (Å²) in [6, 6.07) is 6.95. The molecule has 1 saturated heterocycles. The molecule has 1 aliphatic heterocycles. The third kappa shape index (κ3) is 3.07. The third-order valence-electron chi connectivity index (χ3n) is 3.98. The summed E-state index contributed by atoms with van der Waals surface area (Å²) in [5.41, 5.74) is 7.02. The van der Waals surface area contributed by atoms with E-state index in [-0.39, 0.29) is 11.6 Å². The Labute approximate surface area is 133 Å². The first-order chi connectivity index (χ1) is 11.1. The molecule has 0 atom stereocenters. The highest BCUT2D eigenvalue weighted by Gasteiger charge is 2.21. The zero-order chi connectivity index (χ0) is 16.4. The average Bonchev–Trinajstić information content (AvgIpc) is 3.05. The van der Waals surface area contributed by atoms with Gasteiger partial charge < -0.3 is 15.5 Å². The fraction of sp³-hybridized carbons (Fsp3) is 0.333. The van der Waals surface area contributed by atoms with Crippen molar-refractivity contribution in [2.45, 2.75) is 0 Å². The summed E-state index contributed by atoms with van der Waals surface area (Å²) >= 11 is 0. The van der Waals surface area contributed by atoms with Crippen molar-refractivity contribution < 1.29 is 9.59 Å². The molecule has 23 heavy (non-hydrogen) atoms. The van der Waals surface area contributed by atoms with E-state index in [9.17, 15) is 9.59 Å². The van der Waals surface area contributed by atoms with Gasteiger partial charge in [-0.2, -0.15) is 15.4 Å². The molecule has 3 rings (SSSR count). The number of carbonyl (C=O) groups excluding carboxylic acids is 2. The number of piperazine rings is 1. The number of hydrogen-bond donors (Lipinski definition) is 2. The molecule has 1 aliphatic rings. The first kappa shape index (κ1) is 15.2. The minimum atomic E-state index is -0.647. The maximum atomic E-state index is 12.5. The van der Waals surface area contributed by atoms with Gasteiger partial charge in [-0.25, -0.2) is 0 Å². The van der Waals surface area contributed by atoms with Crippen LogP contribution in [0.5, 0.6) is 0 Å². The largest absolute Gasteiger partial charge is 0.364 e. The number of primary amides is 1. The average molecular weight is 314 g/mol. The zero-order valence-electron chi connectivity index (χ0n) is 12.8. The highest BCUT2D eigenvalue weighted by molar-refractivity contribution is 5.97. The molecular weight excluding hydrogens is 296 g/mol. The number of benzene rings is 1. The van der Waals surface area contributed by atoms with Crippen molar-refractivity contribution in [2.24, 2.45) is 5.73 Å². The van der Waals surface area contributed by atoms with Gasteiger partial charge in [0, 0.05) is 37.3 Å². The summed E-state index contributed by atoms with van der Waals surface area (Å²) in [5.74, 6) is -0.633. The Balaban J connectivity index is 1.78. The van der Waals surface area contributed by atoms with Crippen molar-refractivity contribution in [2.75, 3.05) is 33.2 Å². The monoisotopic (exact) mass is 314 g/mol. The van der Waals surface area contributed by atoms with E-state index in [1.54, 1.807) is 24.3 Å². The molecule has 8 heteroatoms. The Hall–Kier alpha value is -2.74. The zero-order valence-corrected chi connectivity index (χ0v) is 12.8. The van der Waals surface area contributed by atoms with Gasteiger partial charge in [-0.05, 0) is 19.2 Å². The van der Waals surface area contributed by atoms with E-state index in [0.29, 0.717) is 16.8 Å². The molecule has 2 heterocycles. The molecule has 120 valence electrons. The smallest absolute Gasteiger partial charge is 0.271 e. The molecule has 0 bridgehead atoms. The van der Waals surface area contributed by atoms with E-state index >= 15 is 0 Å². The lowest BCUT2D eigenvalue weighted by Crippen LogP contribution is -2.47. The number of nitrogens with two attached hydrogens (primary N) is 1. The van der Waals surface area contributed by atoms with Crippen LogP contribution in [-0.2, 0) is 0 Å². The molecular formula is C15H18N6O2. The number of likely N-dealkylation sites (N-methyl/N-ethyl adjacent to an activating group) is 1. The predicted molar refractivity (Wildman–Crippen MR) is 83.7 cm³/mol. The van der Waals surface area contributed by atoms with Crippen molar-refractivity contribution in [3.05, 3.63) is 35.5 Å². The molecule has 3 N–H and O–H groups in total. The number of rotatable bonds is 3. The third-order valence-corrected chi connectivity index (χ3v) is 3.98.